The summed E-state index contributed by atoms with van der Waals surface area (Å²) in [7, 11) is 0. The molecule has 0 radical (unpaired) electrons. The molecule has 0 aliphatic carbocycles. The van der Waals surface area contributed by atoms with Gasteiger partial charge in [-0.3, -0.25) is 4.79 Å². The molecule has 0 aromatic heterocycles. The van der Waals surface area contributed by atoms with Gasteiger partial charge in [0, 0.05) is 38.7 Å². The van der Waals surface area contributed by atoms with E-state index >= 15 is 0 Å². The maximum absolute atomic E-state index is 12.8. The van der Waals surface area contributed by atoms with Gasteiger partial charge in [-0.2, -0.15) is 0 Å². The molecule has 7 heteroatoms. The number of hydrogen-bond acceptors (Lipinski definition) is 7. The first kappa shape index (κ1) is 23.6. The first-order valence-corrected chi connectivity index (χ1v) is 13.5. The third-order valence-corrected chi connectivity index (χ3v) is 8.99. The van der Waals surface area contributed by atoms with Crippen molar-refractivity contribution in [2.75, 3.05) is 13.2 Å². The smallest absolute Gasteiger partial charge is 0.169 e. The lowest BCUT2D eigenvalue weighted by atomic mass is 9.86. The fourth-order valence-corrected chi connectivity index (χ4v) is 7.05. The third-order valence-electron chi connectivity index (χ3n) is 8.99. The zero-order valence-electron chi connectivity index (χ0n) is 20.5. The second-order valence-corrected chi connectivity index (χ2v) is 11.5. The number of carbonyl (C=O) groups is 1. The molecule has 34 heavy (non-hydrogen) atoms. The van der Waals surface area contributed by atoms with E-state index in [9.17, 15) is 4.79 Å². The maximum atomic E-state index is 12.8. The zero-order chi connectivity index (χ0) is 23.3. The second kappa shape index (κ2) is 9.56. The summed E-state index contributed by atoms with van der Waals surface area (Å²) in [5, 5.41) is 0. The molecule has 10 atom stereocenters. The van der Waals surface area contributed by atoms with Gasteiger partial charge >= 0.3 is 0 Å². The lowest BCUT2D eigenvalue weighted by Gasteiger charge is -2.47. The molecule has 0 aromatic rings. The monoisotopic (exact) mass is 476 g/mol. The maximum Gasteiger partial charge on any atom is 0.169 e. The Morgan fingerprint density at radius 1 is 0.971 bits per heavy atom. The molecule has 0 saturated carbocycles. The van der Waals surface area contributed by atoms with Crippen LogP contribution in [0.5, 0.6) is 0 Å². The van der Waals surface area contributed by atoms with E-state index in [0.717, 1.165) is 64.4 Å². The summed E-state index contributed by atoms with van der Waals surface area (Å²) < 4.78 is 37.9. The van der Waals surface area contributed by atoms with Crippen molar-refractivity contribution in [1.82, 2.24) is 0 Å². The summed E-state index contributed by atoms with van der Waals surface area (Å²) in [6, 6.07) is 0. The molecular weight excluding hydrogens is 436 g/mol. The van der Waals surface area contributed by atoms with E-state index in [1.54, 1.807) is 0 Å². The molecular formula is C27H40O7. The van der Waals surface area contributed by atoms with E-state index in [0.29, 0.717) is 31.1 Å². The van der Waals surface area contributed by atoms with Gasteiger partial charge in [0.15, 0.2) is 5.79 Å². The van der Waals surface area contributed by atoms with Gasteiger partial charge in [0.05, 0.1) is 49.3 Å². The number of Topliss-reactive ketones (excluding diaryl/α,β-unsaturated/α-hetero) is 1. The van der Waals surface area contributed by atoms with Crippen molar-refractivity contribution in [1.29, 1.82) is 0 Å². The van der Waals surface area contributed by atoms with E-state index in [1.165, 1.54) is 5.57 Å². The highest BCUT2D eigenvalue weighted by molar-refractivity contribution is 5.79. The van der Waals surface area contributed by atoms with Crippen molar-refractivity contribution in [2.45, 2.75) is 132 Å². The van der Waals surface area contributed by atoms with Gasteiger partial charge < -0.3 is 28.4 Å². The van der Waals surface area contributed by atoms with E-state index in [-0.39, 0.29) is 48.8 Å². The summed E-state index contributed by atoms with van der Waals surface area (Å²) in [5.41, 5.74) is 1.17. The minimum Gasteiger partial charge on any atom is -0.378 e. The van der Waals surface area contributed by atoms with Crippen LogP contribution in [-0.4, -0.2) is 73.6 Å². The fraction of sp³-hybridized carbons (Fsp3) is 0.889. The molecule has 6 saturated heterocycles. The van der Waals surface area contributed by atoms with Crippen LogP contribution in [0.15, 0.2) is 12.2 Å². The Kier molecular flexibility index (Phi) is 6.63. The number of ketones is 1. The number of rotatable bonds is 7. The van der Waals surface area contributed by atoms with Gasteiger partial charge in [0.2, 0.25) is 0 Å². The van der Waals surface area contributed by atoms with Gasteiger partial charge in [-0.1, -0.05) is 6.58 Å². The van der Waals surface area contributed by atoms with Crippen molar-refractivity contribution >= 4 is 5.78 Å². The molecule has 190 valence electrons. The van der Waals surface area contributed by atoms with Crippen molar-refractivity contribution in [3.63, 3.8) is 0 Å². The lowest BCUT2D eigenvalue weighted by molar-refractivity contribution is -0.276. The average Bonchev–Trinajstić information content (AvgIpc) is 3.51. The summed E-state index contributed by atoms with van der Waals surface area (Å²) >= 11 is 0. The lowest BCUT2D eigenvalue weighted by Crippen LogP contribution is -2.56. The molecule has 7 nitrogen and oxygen atoms in total. The highest BCUT2D eigenvalue weighted by atomic mass is 16.7. The molecule has 6 heterocycles. The topological polar surface area (TPSA) is 72.5 Å². The molecule has 0 spiro atoms. The van der Waals surface area contributed by atoms with Gasteiger partial charge in [-0.15, -0.1) is 0 Å². The van der Waals surface area contributed by atoms with Crippen molar-refractivity contribution in [2.24, 2.45) is 5.92 Å². The minimum absolute atomic E-state index is 0.0276. The van der Waals surface area contributed by atoms with Crippen LogP contribution in [0.3, 0.4) is 0 Å². The Labute approximate surface area is 202 Å². The molecule has 0 aromatic carbocycles. The summed E-state index contributed by atoms with van der Waals surface area (Å²) in [4.78, 5) is 12.8. The molecule has 0 N–H and O–H groups in total. The van der Waals surface area contributed by atoms with Crippen LogP contribution in [-0.2, 0) is 33.2 Å². The summed E-state index contributed by atoms with van der Waals surface area (Å²) in [6.07, 6.45) is 9.57. The number of fused-ring (bicyclic) bond motifs is 7. The highest BCUT2D eigenvalue weighted by Crippen LogP contribution is 2.48. The van der Waals surface area contributed by atoms with Crippen molar-refractivity contribution in [3.05, 3.63) is 12.2 Å². The predicted octanol–water partition coefficient (Wildman–Crippen LogP) is 3.87. The molecule has 4 bridgehead atoms. The summed E-state index contributed by atoms with van der Waals surface area (Å²) in [5.74, 6) is 0.0703. The highest BCUT2D eigenvalue weighted by Gasteiger charge is 2.56. The zero-order valence-corrected chi connectivity index (χ0v) is 20.5. The Bertz CT molecular complexity index is 785. The minimum atomic E-state index is -0.569. The first-order valence-electron chi connectivity index (χ1n) is 13.5. The Hall–Kier alpha value is -0.830. The van der Waals surface area contributed by atoms with E-state index in [2.05, 4.69) is 13.5 Å². The van der Waals surface area contributed by atoms with E-state index < -0.39 is 5.79 Å². The average molecular weight is 477 g/mol. The van der Waals surface area contributed by atoms with Crippen LogP contribution in [0.1, 0.15) is 77.6 Å². The second-order valence-electron chi connectivity index (χ2n) is 11.5. The predicted molar refractivity (Wildman–Crippen MR) is 123 cm³/mol. The quantitative estimate of drug-likeness (QED) is 0.517. The van der Waals surface area contributed by atoms with Crippen LogP contribution >= 0.6 is 0 Å². The molecule has 6 fully saturated rings. The molecule has 0 unspecified atom stereocenters. The molecule has 6 aliphatic rings. The number of hydrogen-bond donors (Lipinski definition) is 0. The first-order chi connectivity index (χ1) is 16.5. The Morgan fingerprint density at radius 3 is 2.65 bits per heavy atom. The number of carbonyl (C=O) groups excluding carboxylic acids is 1. The van der Waals surface area contributed by atoms with Crippen LogP contribution in [0, 0.1) is 5.92 Å². The molecule has 6 rings (SSSR count). The van der Waals surface area contributed by atoms with Gasteiger partial charge in [0.25, 0.3) is 0 Å². The standard InChI is InChI=1S/C27H40O7/c1-16-11-20(30-15-16)5-8-27-9-6-22(33-27)24-14-25(34-27)26-23(32-24)4-3-21(31-26)13-19(28)12-18-7-10-29-17(18)2/h17-18,20-26H,1,3-15H2,2H3/t17-,18-,20-,21+,22-,23-,24+,25+,26-,27-/m0/s1. The van der Waals surface area contributed by atoms with E-state index in [1.807, 2.05) is 0 Å². The van der Waals surface area contributed by atoms with Gasteiger partial charge in [-0.05, 0) is 56.9 Å². The van der Waals surface area contributed by atoms with Crippen LogP contribution in [0.25, 0.3) is 0 Å². The molecule has 0 amide bonds. The van der Waals surface area contributed by atoms with E-state index in [4.69, 9.17) is 28.4 Å². The van der Waals surface area contributed by atoms with Crippen molar-refractivity contribution in [3.8, 4) is 0 Å². The Balaban J connectivity index is 1.08. The normalized spacial score (nSPS) is 48.0. The van der Waals surface area contributed by atoms with Crippen LogP contribution < -0.4 is 0 Å². The van der Waals surface area contributed by atoms with Gasteiger partial charge in [-0.25, -0.2) is 0 Å². The third kappa shape index (κ3) is 4.76. The van der Waals surface area contributed by atoms with Gasteiger partial charge in [0.1, 0.15) is 11.9 Å². The summed E-state index contributed by atoms with van der Waals surface area (Å²) in [6.45, 7) is 7.58. The van der Waals surface area contributed by atoms with Crippen molar-refractivity contribution < 1.29 is 33.2 Å². The SMILES string of the molecule is C=C1CO[C@@H](CC[C@]23CC[C@H](O2)[C@H]2C[C@@H](O3)[C@H]3O[C@@H](CC(=O)C[C@@H]4CCO[C@H]4C)CC[C@@H]3O2)C1. The van der Waals surface area contributed by atoms with Crippen LogP contribution in [0.4, 0.5) is 0 Å². The molecule has 6 aliphatic heterocycles. The fourth-order valence-electron chi connectivity index (χ4n) is 7.05. The number of ether oxygens (including phenoxy) is 6. The van der Waals surface area contributed by atoms with Crippen LogP contribution in [0.2, 0.25) is 0 Å². The Morgan fingerprint density at radius 2 is 1.85 bits per heavy atom. The largest absolute Gasteiger partial charge is 0.378 e.